The molecule has 5 nitrogen and oxygen atoms in total. The molecule has 3 rings (SSSR count). The summed E-state index contributed by atoms with van der Waals surface area (Å²) >= 11 is 0. The number of nitrogens with one attached hydrogen (secondary N) is 1. The van der Waals surface area contributed by atoms with Gasteiger partial charge in [0.05, 0.1) is 17.3 Å². The van der Waals surface area contributed by atoms with Crippen LogP contribution in [0.2, 0.25) is 0 Å². The van der Waals surface area contributed by atoms with E-state index in [1.165, 1.54) is 12.1 Å². The highest BCUT2D eigenvalue weighted by molar-refractivity contribution is 5.52. The van der Waals surface area contributed by atoms with Gasteiger partial charge in [-0.15, -0.1) is 0 Å². The molecule has 0 amide bonds. The molecule has 0 saturated heterocycles. The molecular formula is C17H15F3N4O. The highest BCUT2D eigenvalue weighted by atomic mass is 19.4. The summed E-state index contributed by atoms with van der Waals surface area (Å²) in [6.45, 7) is 3.41. The Balaban J connectivity index is 1.93. The van der Waals surface area contributed by atoms with Crippen LogP contribution < -0.4 is 5.56 Å². The van der Waals surface area contributed by atoms with Crippen molar-refractivity contribution < 1.29 is 13.2 Å². The van der Waals surface area contributed by atoms with Crippen LogP contribution in [0.5, 0.6) is 0 Å². The minimum absolute atomic E-state index is 0.289. The lowest BCUT2D eigenvalue weighted by Gasteiger charge is -2.15. The van der Waals surface area contributed by atoms with Gasteiger partial charge in [0.15, 0.2) is 0 Å². The quantitative estimate of drug-likeness (QED) is 0.787. The fourth-order valence-corrected chi connectivity index (χ4v) is 2.53. The number of hydrogen-bond donors (Lipinski definition) is 1. The van der Waals surface area contributed by atoms with Crippen molar-refractivity contribution >= 4 is 0 Å². The zero-order valence-corrected chi connectivity index (χ0v) is 13.5. The van der Waals surface area contributed by atoms with Gasteiger partial charge in [-0.25, -0.2) is 4.98 Å². The summed E-state index contributed by atoms with van der Waals surface area (Å²) in [5, 5.41) is 4.35. The van der Waals surface area contributed by atoms with Crippen molar-refractivity contribution in [1.82, 2.24) is 19.7 Å². The Labute approximate surface area is 141 Å². The normalized spacial score (nSPS) is 13.0. The van der Waals surface area contributed by atoms with E-state index < -0.39 is 17.8 Å². The first-order valence-electron chi connectivity index (χ1n) is 7.55. The molecule has 3 aromatic rings. The van der Waals surface area contributed by atoms with Gasteiger partial charge in [0.25, 0.3) is 5.56 Å². The summed E-state index contributed by atoms with van der Waals surface area (Å²) in [5.41, 5.74) is 0.392. The first kappa shape index (κ1) is 16.9. The Bertz CT molecular complexity index is 959. The number of aryl methyl sites for hydroxylation is 1. The maximum Gasteiger partial charge on any atom is 0.416 e. The monoisotopic (exact) mass is 348 g/mol. The molecule has 25 heavy (non-hydrogen) atoms. The van der Waals surface area contributed by atoms with Crippen LogP contribution in [0.25, 0.3) is 11.4 Å². The SMILES string of the molecule is Cc1nc(-c2ccn(C(C)c3cccc(C(F)(F)F)c3)n2)cc(=O)[nH]1. The summed E-state index contributed by atoms with van der Waals surface area (Å²) in [4.78, 5) is 18.3. The van der Waals surface area contributed by atoms with Crippen molar-refractivity contribution in [3.63, 3.8) is 0 Å². The van der Waals surface area contributed by atoms with Gasteiger partial charge in [-0.3, -0.25) is 9.48 Å². The number of rotatable bonds is 3. The van der Waals surface area contributed by atoms with E-state index in [0.29, 0.717) is 22.8 Å². The van der Waals surface area contributed by atoms with Crippen molar-refractivity contribution in [2.75, 3.05) is 0 Å². The molecule has 1 aromatic carbocycles. The molecule has 0 radical (unpaired) electrons. The summed E-state index contributed by atoms with van der Waals surface area (Å²) in [5.74, 6) is 0.461. The zero-order valence-electron chi connectivity index (χ0n) is 13.5. The Kier molecular flexibility index (Phi) is 4.20. The van der Waals surface area contributed by atoms with Gasteiger partial charge in [0.2, 0.25) is 0 Å². The minimum atomic E-state index is -4.39. The van der Waals surface area contributed by atoms with Crippen LogP contribution in [0.3, 0.4) is 0 Å². The van der Waals surface area contributed by atoms with E-state index in [-0.39, 0.29) is 5.56 Å². The third kappa shape index (κ3) is 3.62. The van der Waals surface area contributed by atoms with Crippen molar-refractivity contribution in [2.24, 2.45) is 0 Å². The van der Waals surface area contributed by atoms with E-state index in [9.17, 15) is 18.0 Å². The molecule has 2 aromatic heterocycles. The maximum atomic E-state index is 12.9. The molecule has 8 heteroatoms. The number of nitrogens with zero attached hydrogens (tertiary/aromatic N) is 3. The molecule has 1 N–H and O–H groups in total. The number of benzene rings is 1. The lowest BCUT2D eigenvalue weighted by molar-refractivity contribution is -0.137. The van der Waals surface area contributed by atoms with E-state index in [1.807, 2.05) is 0 Å². The first-order valence-corrected chi connectivity index (χ1v) is 7.55. The topological polar surface area (TPSA) is 63.6 Å². The van der Waals surface area contributed by atoms with Gasteiger partial charge in [0.1, 0.15) is 11.5 Å². The van der Waals surface area contributed by atoms with Crippen LogP contribution in [-0.4, -0.2) is 19.7 Å². The van der Waals surface area contributed by atoms with Crippen LogP contribution in [0, 0.1) is 6.92 Å². The summed E-state index contributed by atoms with van der Waals surface area (Å²) in [6.07, 6.45) is -2.74. The van der Waals surface area contributed by atoms with Crippen molar-refractivity contribution in [2.45, 2.75) is 26.1 Å². The lowest BCUT2D eigenvalue weighted by atomic mass is 10.1. The molecule has 0 aliphatic carbocycles. The molecule has 0 aliphatic rings. The standard InChI is InChI=1S/C17H15F3N4O/c1-10(12-4-3-5-13(8-12)17(18,19)20)24-7-6-14(23-24)15-9-16(25)22-11(2)21-15/h3-10H,1-2H3,(H,21,22,25). The highest BCUT2D eigenvalue weighted by Crippen LogP contribution is 2.31. The van der Waals surface area contributed by atoms with Gasteiger partial charge < -0.3 is 4.98 Å². The number of hydrogen-bond acceptors (Lipinski definition) is 3. The number of aromatic nitrogens is 4. The second-order valence-corrected chi connectivity index (χ2v) is 5.70. The van der Waals surface area contributed by atoms with E-state index >= 15 is 0 Å². The maximum absolute atomic E-state index is 12.9. The fraction of sp³-hybridized carbons (Fsp3) is 0.235. The number of aromatic amines is 1. The van der Waals surface area contributed by atoms with Crippen LogP contribution >= 0.6 is 0 Å². The molecule has 130 valence electrons. The van der Waals surface area contributed by atoms with Crippen molar-refractivity contribution in [1.29, 1.82) is 0 Å². The number of alkyl halides is 3. The van der Waals surface area contributed by atoms with Gasteiger partial charge >= 0.3 is 6.18 Å². The molecule has 0 spiro atoms. The Hall–Kier alpha value is -2.90. The minimum Gasteiger partial charge on any atom is -0.311 e. The summed E-state index contributed by atoms with van der Waals surface area (Å²) in [7, 11) is 0. The highest BCUT2D eigenvalue weighted by Gasteiger charge is 2.30. The lowest BCUT2D eigenvalue weighted by Crippen LogP contribution is -2.11. The summed E-state index contributed by atoms with van der Waals surface area (Å²) < 4.78 is 40.2. The Morgan fingerprint density at radius 3 is 2.60 bits per heavy atom. The predicted octanol–water partition coefficient (Wildman–Crippen LogP) is 3.57. The first-order chi connectivity index (χ1) is 11.7. The molecule has 2 heterocycles. The predicted molar refractivity (Wildman–Crippen MR) is 86.1 cm³/mol. The van der Waals surface area contributed by atoms with Crippen LogP contribution in [-0.2, 0) is 6.18 Å². The third-order valence-electron chi connectivity index (χ3n) is 3.82. The van der Waals surface area contributed by atoms with Gasteiger partial charge in [0, 0.05) is 12.3 Å². The molecule has 0 fully saturated rings. The van der Waals surface area contributed by atoms with Crippen LogP contribution in [0.4, 0.5) is 13.2 Å². The van der Waals surface area contributed by atoms with Gasteiger partial charge in [-0.05, 0) is 37.6 Å². The van der Waals surface area contributed by atoms with Crippen LogP contribution in [0.1, 0.15) is 29.9 Å². The van der Waals surface area contributed by atoms with Gasteiger partial charge in [-0.2, -0.15) is 18.3 Å². The van der Waals surface area contributed by atoms with Crippen molar-refractivity contribution in [3.8, 4) is 11.4 Å². The smallest absolute Gasteiger partial charge is 0.311 e. The Morgan fingerprint density at radius 2 is 1.92 bits per heavy atom. The largest absolute Gasteiger partial charge is 0.416 e. The molecule has 1 atom stereocenters. The van der Waals surface area contributed by atoms with Gasteiger partial charge in [-0.1, -0.05) is 12.1 Å². The van der Waals surface area contributed by atoms with E-state index in [1.54, 1.807) is 36.9 Å². The molecule has 1 unspecified atom stereocenters. The van der Waals surface area contributed by atoms with E-state index in [4.69, 9.17) is 0 Å². The molecular weight excluding hydrogens is 333 g/mol. The molecule has 0 bridgehead atoms. The molecule has 0 aliphatic heterocycles. The van der Waals surface area contributed by atoms with E-state index in [2.05, 4.69) is 15.1 Å². The molecule has 0 saturated carbocycles. The Morgan fingerprint density at radius 1 is 1.16 bits per heavy atom. The zero-order chi connectivity index (χ0) is 18.2. The average Bonchev–Trinajstić information content (AvgIpc) is 3.02. The number of halogens is 3. The van der Waals surface area contributed by atoms with Crippen molar-refractivity contribution in [3.05, 3.63) is 69.9 Å². The fourth-order valence-electron chi connectivity index (χ4n) is 2.53. The second kappa shape index (κ2) is 6.19. The average molecular weight is 348 g/mol. The van der Waals surface area contributed by atoms with Crippen LogP contribution in [0.15, 0.2) is 47.4 Å². The second-order valence-electron chi connectivity index (χ2n) is 5.70. The summed E-state index contributed by atoms with van der Waals surface area (Å²) in [6, 6.07) is 7.74. The third-order valence-corrected chi connectivity index (χ3v) is 3.82. The number of H-pyrrole nitrogens is 1. The van der Waals surface area contributed by atoms with E-state index in [0.717, 1.165) is 12.1 Å².